The molecular formula is C13H23Cl2N3O2S. The first-order valence-corrected chi connectivity index (χ1v) is 7.48. The van der Waals surface area contributed by atoms with Gasteiger partial charge in [-0.1, -0.05) is 0 Å². The van der Waals surface area contributed by atoms with Crippen molar-refractivity contribution >= 4 is 42.1 Å². The van der Waals surface area contributed by atoms with Gasteiger partial charge in [0.05, 0.1) is 12.2 Å². The number of nitrogens with two attached hydrogens (primary N) is 1. The van der Waals surface area contributed by atoms with Crippen molar-refractivity contribution in [3.63, 3.8) is 0 Å². The highest BCUT2D eigenvalue weighted by molar-refractivity contribution is 7.09. The molecule has 2 rings (SSSR count). The molecule has 1 fully saturated rings. The number of rotatable bonds is 5. The smallest absolute Gasteiger partial charge is 0.223 e. The molecule has 3 atom stereocenters. The minimum atomic E-state index is 0. The van der Waals surface area contributed by atoms with E-state index in [0.29, 0.717) is 6.54 Å². The third-order valence-electron chi connectivity index (χ3n) is 3.56. The van der Waals surface area contributed by atoms with Crippen LogP contribution in [0.5, 0.6) is 0 Å². The van der Waals surface area contributed by atoms with E-state index in [1.165, 1.54) is 0 Å². The summed E-state index contributed by atoms with van der Waals surface area (Å²) in [7, 11) is 1.66. The Morgan fingerprint density at radius 2 is 2.29 bits per heavy atom. The van der Waals surface area contributed by atoms with Gasteiger partial charge in [-0.3, -0.25) is 4.79 Å². The van der Waals surface area contributed by atoms with E-state index >= 15 is 0 Å². The fourth-order valence-electron chi connectivity index (χ4n) is 2.27. The zero-order valence-corrected chi connectivity index (χ0v) is 14.7. The predicted molar refractivity (Wildman–Crippen MR) is 89.2 cm³/mol. The van der Waals surface area contributed by atoms with Crippen LogP contribution in [0.1, 0.15) is 43.0 Å². The Balaban J connectivity index is 0.00000200. The highest BCUT2D eigenvalue weighted by atomic mass is 35.5. The fourth-order valence-corrected chi connectivity index (χ4v) is 3.12. The molecule has 1 heterocycles. The molecule has 122 valence electrons. The maximum absolute atomic E-state index is 11.9. The van der Waals surface area contributed by atoms with Crippen LogP contribution in [0.25, 0.3) is 0 Å². The van der Waals surface area contributed by atoms with Gasteiger partial charge >= 0.3 is 0 Å². The number of hydrogen-bond donors (Lipinski definition) is 2. The molecule has 1 aliphatic carbocycles. The van der Waals surface area contributed by atoms with Gasteiger partial charge in [-0.2, -0.15) is 0 Å². The lowest BCUT2D eigenvalue weighted by Gasteiger charge is -2.09. The molecule has 0 aliphatic heterocycles. The quantitative estimate of drug-likeness (QED) is 0.850. The third-order valence-corrected chi connectivity index (χ3v) is 4.61. The monoisotopic (exact) mass is 355 g/mol. The van der Waals surface area contributed by atoms with E-state index in [4.69, 9.17) is 10.5 Å². The molecule has 3 N–H and O–H groups in total. The predicted octanol–water partition coefficient (Wildman–Crippen LogP) is 2.44. The lowest BCUT2D eigenvalue weighted by molar-refractivity contribution is -0.125. The van der Waals surface area contributed by atoms with E-state index in [-0.39, 0.29) is 48.8 Å². The summed E-state index contributed by atoms with van der Waals surface area (Å²) in [6.07, 6.45) is 2.65. The van der Waals surface area contributed by atoms with Gasteiger partial charge in [0.15, 0.2) is 0 Å². The van der Waals surface area contributed by atoms with Crippen LogP contribution in [0.3, 0.4) is 0 Å². The third kappa shape index (κ3) is 5.71. The Morgan fingerprint density at radius 1 is 1.57 bits per heavy atom. The first kappa shape index (κ1) is 20.6. The number of nitrogens with zero attached hydrogens (tertiary/aromatic N) is 1. The lowest BCUT2D eigenvalue weighted by atomic mass is 10.1. The number of amides is 1. The molecule has 0 saturated heterocycles. The van der Waals surface area contributed by atoms with E-state index < -0.39 is 0 Å². The van der Waals surface area contributed by atoms with E-state index in [9.17, 15) is 4.79 Å². The highest BCUT2D eigenvalue weighted by Gasteiger charge is 2.27. The van der Waals surface area contributed by atoms with Crippen molar-refractivity contribution < 1.29 is 9.53 Å². The van der Waals surface area contributed by atoms with Crippen molar-refractivity contribution in [2.45, 2.75) is 44.9 Å². The highest BCUT2D eigenvalue weighted by Crippen LogP contribution is 2.24. The number of aromatic nitrogens is 1. The van der Waals surface area contributed by atoms with Crippen LogP contribution in [0.2, 0.25) is 0 Å². The summed E-state index contributed by atoms with van der Waals surface area (Å²) in [5.74, 6) is 0.174. The standard InChI is InChI=1S/C13H21N3O2S.2ClH/c1-8(18-2)13-16-11(7-19-13)6-15-12(17)9-3-4-10(14)5-9;;/h7-10H,3-6,14H2,1-2H3,(H,15,17);2*1H. The summed E-state index contributed by atoms with van der Waals surface area (Å²) in [5, 5.41) is 5.84. The van der Waals surface area contributed by atoms with Crippen LogP contribution in [0.15, 0.2) is 5.38 Å². The van der Waals surface area contributed by atoms with E-state index in [1.54, 1.807) is 18.4 Å². The molecule has 8 heteroatoms. The number of hydrogen-bond acceptors (Lipinski definition) is 5. The maximum Gasteiger partial charge on any atom is 0.223 e. The number of ether oxygens (including phenoxy) is 1. The average Bonchev–Trinajstić information content (AvgIpc) is 3.04. The van der Waals surface area contributed by atoms with Crippen LogP contribution in [0, 0.1) is 5.92 Å². The van der Waals surface area contributed by atoms with E-state index in [2.05, 4.69) is 10.3 Å². The molecule has 1 saturated carbocycles. The molecular weight excluding hydrogens is 333 g/mol. The Bertz CT molecular complexity index is 445. The summed E-state index contributed by atoms with van der Waals surface area (Å²) in [4.78, 5) is 16.4. The Hall–Kier alpha value is -0.400. The number of nitrogens with one attached hydrogen (secondary N) is 1. The van der Waals surface area contributed by atoms with E-state index in [0.717, 1.165) is 30.0 Å². The molecule has 1 amide bonds. The average molecular weight is 356 g/mol. The normalized spacial score (nSPS) is 22.0. The van der Waals surface area contributed by atoms with Crippen molar-refractivity contribution in [1.82, 2.24) is 10.3 Å². The first-order valence-electron chi connectivity index (χ1n) is 6.60. The summed E-state index contributed by atoms with van der Waals surface area (Å²) in [6.45, 7) is 2.44. The topological polar surface area (TPSA) is 77.2 Å². The summed E-state index contributed by atoms with van der Waals surface area (Å²) in [5.41, 5.74) is 6.71. The summed E-state index contributed by atoms with van der Waals surface area (Å²) in [6, 6.07) is 0.184. The van der Waals surface area contributed by atoms with Crippen LogP contribution < -0.4 is 11.1 Å². The second kappa shape index (κ2) is 9.58. The number of halogens is 2. The second-order valence-corrected chi connectivity index (χ2v) is 5.93. The molecule has 0 aromatic carbocycles. The Kier molecular flexibility index (Phi) is 9.40. The van der Waals surface area contributed by atoms with Gasteiger partial charge in [-0.05, 0) is 26.2 Å². The largest absolute Gasteiger partial charge is 0.375 e. The first-order chi connectivity index (χ1) is 9.10. The van der Waals surface area contributed by atoms with Crippen LogP contribution >= 0.6 is 36.2 Å². The number of carbonyl (C=O) groups is 1. The van der Waals surface area contributed by atoms with Gasteiger partial charge in [0, 0.05) is 24.4 Å². The molecule has 0 spiro atoms. The molecule has 3 unspecified atom stereocenters. The summed E-state index contributed by atoms with van der Waals surface area (Å²) < 4.78 is 5.21. The molecule has 1 aliphatic rings. The van der Waals surface area contributed by atoms with Crippen LogP contribution in [-0.4, -0.2) is 24.0 Å². The molecule has 1 aromatic rings. The minimum Gasteiger partial charge on any atom is -0.375 e. The van der Waals surface area contributed by atoms with Gasteiger partial charge in [0.1, 0.15) is 11.1 Å². The van der Waals surface area contributed by atoms with E-state index in [1.807, 2.05) is 12.3 Å². The van der Waals surface area contributed by atoms with Crippen LogP contribution in [-0.2, 0) is 16.1 Å². The molecule has 5 nitrogen and oxygen atoms in total. The van der Waals surface area contributed by atoms with Crippen molar-refractivity contribution in [1.29, 1.82) is 0 Å². The van der Waals surface area contributed by atoms with Gasteiger partial charge in [0.25, 0.3) is 0 Å². The lowest BCUT2D eigenvalue weighted by Crippen LogP contribution is -2.30. The molecule has 0 radical (unpaired) electrons. The number of thiazole rings is 1. The van der Waals surface area contributed by atoms with Gasteiger partial charge in [-0.25, -0.2) is 4.98 Å². The molecule has 21 heavy (non-hydrogen) atoms. The van der Waals surface area contributed by atoms with Crippen molar-refractivity contribution in [2.24, 2.45) is 11.7 Å². The number of carbonyl (C=O) groups excluding carboxylic acids is 1. The SMILES string of the molecule is COC(C)c1nc(CNC(=O)C2CCC(N)C2)cs1.Cl.Cl. The second-order valence-electron chi connectivity index (χ2n) is 5.04. The Labute approximate surface area is 141 Å². The molecule has 0 bridgehead atoms. The zero-order chi connectivity index (χ0) is 13.8. The van der Waals surface area contributed by atoms with Crippen molar-refractivity contribution in [3.05, 3.63) is 16.1 Å². The van der Waals surface area contributed by atoms with Gasteiger partial charge in [-0.15, -0.1) is 36.2 Å². The summed E-state index contributed by atoms with van der Waals surface area (Å²) >= 11 is 1.56. The Morgan fingerprint density at radius 3 is 2.86 bits per heavy atom. The van der Waals surface area contributed by atoms with Crippen LogP contribution in [0.4, 0.5) is 0 Å². The molecule has 1 aromatic heterocycles. The maximum atomic E-state index is 11.9. The zero-order valence-electron chi connectivity index (χ0n) is 12.2. The number of methoxy groups -OCH3 is 1. The van der Waals surface area contributed by atoms with Crippen molar-refractivity contribution in [2.75, 3.05) is 7.11 Å². The minimum absolute atomic E-state index is 0. The van der Waals surface area contributed by atoms with Crippen molar-refractivity contribution in [3.8, 4) is 0 Å². The van der Waals surface area contributed by atoms with Gasteiger partial charge < -0.3 is 15.8 Å². The van der Waals surface area contributed by atoms with Gasteiger partial charge in [0.2, 0.25) is 5.91 Å². The fraction of sp³-hybridized carbons (Fsp3) is 0.692.